The van der Waals surface area contributed by atoms with E-state index in [1.54, 1.807) is 0 Å². The fourth-order valence-corrected chi connectivity index (χ4v) is 7.26. The van der Waals surface area contributed by atoms with Gasteiger partial charge in [0.25, 0.3) is 0 Å². The minimum atomic E-state index is 0.377. The summed E-state index contributed by atoms with van der Waals surface area (Å²) in [6.07, 6.45) is 12.3. The van der Waals surface area contributed by atoms with E-state index in [2.05, 4.69) is 108 Å². The van der Waals surface area contributed by atoms with Crippen LogP contribution in [0.4, 0.5) is 22.7 Å². The Hall–Kier alpha value is -3.00. The normalized spacial score (nSPS) is 16.4. The summed E-state index contributed by atoms with van der Waals surface area (Å²) in [5, 5.41) is 0. The number of fused-ring (bicyclic) bond motifs is 4. The number of quaternary nitrogens is 1. The Morgan fingerprint density at radius 2 is 1.02 bits per heavy atom. The van der Waals surface area contributed by atoms with Crippen LogP contribution in [0.5, 0.6) is 0 Å². The van der Waals surface area contributed by atoms with Gasteiger partial charge >= 0.3 is 0 Å². The number of pyridine rings is 2. The lowest BCUT2D eigenvalue weighted by atomic mass is 10.1. The third kappa shape index (κ3) is 5.47. The molecule has 0 spiro atoms. The summed E-state index contributed by atoms with van der Waals surface area (Å²) >= 11 is 3.67. The van der Waals surface area contributed by atoms with E-state index in [1.165, 1.54) is 61.6 Å². The van der Waals surface area contributed by atoms with Crippen molar-refractivity contribution in [1.29, 1.82) is 0 Å². The van der Waals surface area contributed by atoms with E-state index in [-0.39, 0.29) is 0 Å². The molecule has 40 heavy (non-hydrogen) atoms. The molecule has 3 aliphatic rings. The van der Waals surface area contributed by atoms with E-state index in [4.69, 9.17) is 0 Å². The van der Waals surface area contributed by atoms with E-state index in [0.717, 1.165) is 17.6 Å². The molecule has 5 nitrogen and oxygen atoms in total. The lowest BCUT2D eigenvalue weighted by molar-refractivity contribution is -0.931. The molecule has 206 valence electrons. The largest absolute Gasteiger partial charge is 0.332 e. The highest BCUT2D eigenvalue weighted by Crippen LogP contribution is 2.49. The molecule has 7 heteroatoms. The molecule has 1 fully saturated rings. The number of likely N-dealkylation sites (N-methyl/N-ethyl adjacent to an activating group) is 1. The highest BCUT2D eigenvalue weighted by Gasteiger charge is 2.36. The first kappa shape index (κ1) is 27.2. The fourth-order valence-electron chi connectivity index (χ4n) is 5.13. The Morgan fingerprint density at radius 3 is 1.45 bits per heavy atom. The average Bonchev–Trinajstić information content (AvgIpc) is 3.87. The van der Waals surface area contributed by atoms with Crippen LogP contribution in [0.15, 0.2) is 105 Å². The summed E-state index contributed by atoms with van der Waals surface area (Å²) in [6, 6.07) is 22.5. The van der Waals surface area contributed by atoms with Crippen molar-refractivity contribution in [1.82, 2.24) is 9.97 Å². The second-order valence-electron chi connectivity index (χ2n) is 11.4. The Balaban J connectivity index is 0.000000905. The summed E-state index contributed by atoms with van der Waals surface area (Å²) in [5.41, 5.74) is 4.95. The van der Waals surface area contributed by atoms with Crippen LogP contribution >= 0.6 is 23.5 Å². The van der Waals surface area contributed by atoms with Crippen molar-refractivity contribution in [3.8, 4) is 0 Å². The van der Waals surface area contributed by atoms with Crippen molar-refractivity contribution in [2.45, 2.75) is 64.8 Å². The van der Waals surface area contributed by atoms with E-state index in [1.807, 2.05) is 48.3 Å². The van der Waals surface area contributed by atoms with Crippen molar-refractivity contribution >= 4 is 46.3 Å². The number of aromatic nitrogens is 2. The summed E-state index contributed by atoms with van der Waals surface area (Å²) in [4.78, 5) is 19.0. The first-order valence-corrected chi connectivity index (χ1v) is 15.9. The zero-order valence-corrected chi connectivity index (χ0v) is 25.5. The summed E-state index contributed by atoms with van der Waals surface area (Å²) in [7, 11) is 4.75. The maximum absolute atomic E-state index is 4.47. The van der Waals surface area contributed by atoms with Crippen LogP contribution in [0.25, 0.3) is 0 Å². The maximum atomic E-state index is 4.47. The highest BCUT2D eigenvalue weighted by molar-refractivity contribution is 8.00. The summed E-state index contributed by atoms with van der Waals surface area (Å²) < 4.78 is 0.892. The lowest BCUT2D eigenvalue weighted by Gasteiger charge is -2.46. The Bertz CT molecular complexity index is 1290. The van der Waals surface area contributed by atoms with Gasteiger partial charge in [0.05, 0.1) is 62.3 Å². The van der Waals surface area contributed by atoms with Gasteiger partial charge in [-0.2, -0.15) is 0 Å². The number of para-hydroxylation sites is 2. The summed E-state index contributed by atoms with van der Waals surface area (Å²) in [6.45, 7) is 6.59. The van der Waals surface area contributed by atoms with Crippen LogP contribution in [0.2, 0.25) is 0 Å². The van der Waals surface area contributed by atoms with E-state index < -0.39 is 0 Å². The van der Waals surface area contributed by atoms with Gasteiger partial charge in [-0.3, -0.25) is 9.97 Å². The van der Waals surface area contributed by atoms with Crippen molar-refractivity contribution in [3.05, 3.63) is 85.5 Å². The molecule has 0 radical (unpaired) electrons. The molecule has 4 aromatic rings. The average molecular weight is 569 g/mol. The van der Waals surface area contributed by atoms with Gasteiger partial charge in [0.2, 0.25) is 0 Å². The molecule has 2 unspecified atom stereocenters. The first-order valence-electron chi connectivity index (χ1n) is 14.2. The third-order valence-electron chi connectivity index (χ3n) is 8.38. The molecule has 1 saturated carbocycles. The Labute approximate surface area is 247 Å². The van der Waals surface area contributed by atoms with E-state index in [0.29, 0.717) is 12.1 Å². The van der Waals surface area contributed by atoms with Gasteiger partial charge in [-0.15, -0.1) is 0 Å². The van der Waals surface area contributed by atoms with Gasteiger partial charge < -0.3 is 14.3 Å². The van der Waals surface area contributed by atoms with Crippen molar-refractivity contribution in [2.24, 2.45) is 0 Å². The number of hydrogen-bond donors (Lipinski definition) is 0. The van der Waals surface area contributed by atoms with Crippen LogP contribution in [-0.4, -0.2) is 53.7 Å². The molecule has 0 saturated heterocycles. The SMILES string of the molecule is C1CC1.CC(CN1c2ccccc2Sc2ccncc21)[N+](C)(C)C(C)CN1c2ccccc2Sc2ccncc21. The van der Waals surface area contributed by atoms with Crippen molar-refractivity contribution in [2.75, 3.05) is 37.0 Å². The van der Waals surface area contributed by atoms with Crippen LogP contribution in [0, 0.1) is 0 Å². The maximum Gasteiger partial charge on any atom is 0.104 e. The molecule has 7 rings (SSSR count). The molecule has 2 atom stereocenters. The Morgan fingerprint density at radius 1 is 0.625 bits per heavy atom. The van der Waals surface area contributed by atoms with Crippen LogP contribution in [-0.2, 0) is 0 Å². The predicted molar refractivity (Wildman–Crippen MR) is 168 cm³/mol. The van der Waals surface area contributed by atoms with Gasteiger partial charge in [-0.05, 0) is 50.2 Å². The zero-order chi connectivity index (χ0) is 27.7. The highest BCUT2D eigenvalue weighted by atomic mass is 32.2. The molecule has 2 aromatic carbocycles. The minimum absolute atomic E-state index is 0.377. The first-order chi connectivity index (χ1) is 19.4. The van der Waals surface area contributed by atoms with Crippen LogP contribution in [0.1, 0.15) is 33.1 Å². The second-order valence-corrected chi connectivity index (χ2v) is 13.6. The molecule has 1 aliphatic carbocycles. The predicted octanol–water partition coefficient (Wildman–Crippen LogP) is 8.41. The minimum Gasteiger partial charge on any atom is -0.332 e. The van der Waals surface area contributed by atoms with Gasteiger partial charge in [-0.1, -0.05) is 67.1 Å². The van der Waals surface area contributed by atoms with Crippen LogP contribution < -0.4 is 9.80 Å². The summed E-state index contributed by atoms with van der Waals surface area (Å²) in [5.74, 6) is 0. The Kier molecular flexibility index (Phi) is 7.80. The number of benzene rings is 2. The van der Waals surface area contributed by atoms with E-state index >= 15 is 0 Å². The lowest BCUT2D eigenvalue weighted by Crippen LogP contribution is -2.59. The molecule has 4 heterocycles. The third-order valence-corrected chi connectivity index (χ3v) is 10.6. The van der Waals surface area contributed by atoms with E-state index in [9.17, 15) is 0 Å². The molecule has 0 N–H and O–H groups in total. The van der Waals surface area contributed by atoms with Gasteiger partial charge in [0.1, 0.15) is 12.1 Å². The number of rotatable bonds is 6. The smallest absolute Gasteiger partial charge is 0.104 e. The zero-order valence-electron chi connectivity index (χ0n) is 23.8. The number of hydrogen-bond acceptors (Lipinski definition) is 6. The molecular formula is C33H38N5S2+. The number of nitrogens with zero attached hydrogens (tertiary/aromatic N) is 5. The monoisotopic (exact) mass is 568 g/mol. The fraction of sp³-hybridized carbons (Fsp3) is 0.333. The topological polar surface area (TPSA) is 32.3 Å². The van der Waals surface area contributed by atoms with Gasteiger partial charge in [0.15, 0.2) is 0 Å². The molecule has 0 bridgehead atoms. The standard InChI is InChI=1S/C30H32N5S2.C3H6/c1-21(19-33-23-9-5-7-11-27(23)36-29-13-15-31-17-25(29)33)35(3,4)22(2)20-34-24-10-6-8-12-28(24)37-30-14-16-32-18-26(30)34;1-2-3-1/h5-18,21-22H,19-20H2,1-4H3;1-3H2/q+1;. The molecule has 2 aliphatic heterocycles. The van der Waals surface area contributed by atoms with Crippen LogP contribution in [0.3, 0.4) is 0 Å². The quantitative estimate of drug-likeness (QED) is 0.217. The molecule has 2 aromatic heterocycles. The van der Waals surface area contributed by atoms with Gasteiger partial charge in [-0.25, -0.2) is 0 Å². The van der Waals surface area contributed by atoms with Crippen molar-refractivity contribution in [3.63, 3.8) is 0 Å². The van der Waals surface area contributed by atoms with Gasteiger partial charge in [0, 0.05) is 32.0 Å². The second kappa shape index (κ2) is 11.5. The van der Waals surface area contributed by atoms with Crippen molar-refractivity contribution < 1.29 is 4.48 Å². The number of anilines is 4. The molecular weight excluding hydrogens is 531 g/mol. The molecule has 0 amide bonds.